The third-order valence-corrected chi connectivity index (χ3v) is 7.64. The molecule has 1 aliphatic heterocycles. The molecule has 4 aromatic rings. The van der Waals surface area contributed by atoms with Crippen LogP contribution >= 0.6 is 0 Å². The molecule has 0 bridgehead atoms. The maximum Gasteiger partial charge on any atom is 0.187 e. The van der Waals surface area contributed by atoms with Gasteiger partial charge in [-0.25, -0.2) is 4.68 Å². The topological polar surface area (TPSA) is 97.9 Å². The molecular formula is C31H41N9O. The predicted octanol–water partition coefficient (Wildman–Crippen LogP) is 4.64. The summed E-state index contributed by atoms with van der Waals surface area (Å²) in [5.41, 5.74) is 6.53. The molecule has 0 radical (unpaired) electrons. The van der Waals surface area contributed by atoms with Crippen LogP contribution < -0.4 is 4.90 Å². The van der Waals surface area contributed by atoms with Gasteiger partial charge in [0.1, 0.15) is 11.4 Å². The Balaban J connectivity index is 1.32. The van der Waals surface area contributed by atoms with Gasteiger partial charge in [-0.1, -0.05) is 5.21 Å². The minimum Gasteiger partial charge on any atom is -0.368 e. The number of anilines is 1. The van der Waals surface area contributed by atoms with Gasteiger partial charge in [-0.2, -0.15) is 5.10 Å². The van der Waals surface area contributed by atoms with Crippen LogP contribution in [0.3, 0.4) is 0 Å². The lowest BCUT2D eigenvalue weighted by Gasteiger charge is -2.43. The highest BCUT2D eigenvalue weighted by atomic mass is 16.1. The number of rotatable bonds is 6. The first-order valence-corrected chi connectivity index (χ1v) is 14.2. The maximum absolute atomic E-state index is 13.1. The molecule has 0 aliphatic carbocycles. The van der Waals surface area contributed by atoms with E-state index in [0.29, 0.717) is 5.69 Å². The summed E-state index contributed by atoms with van der Waals surface area (Å²) in [5.74, 6) is -0.0433. The van der Waals surface area contributed by atoms with Gasteiger partial charge < -0.3 is 4.90 Å². The van der Waals surface area contributed by atoms with E-state index in [0.717, 1.165) is 65.8 Å². The molecule has 10 heteroatoms. The first-order chi connectivity index (χ1) is 19.3. The van der Waals surface area contributed by atoms with E-state index in [9.17, 15) is 4.79 Å². The average molecular weight is 556 g/mol. The molecule has 0 saturated carbocycles. The number of aromatic nitrogens is 7. The maximum atomic E-state index is 13.1. The number of hydrogen-bond acceptors (Lipinski definition) is 8. The zero-order valence-corrected chi connectivity index (χ0v) is 25.5. The van der Waals surface area contributed by atoms with Crippen molar-refractivity contribution in [2.75, 3.05) is 31.1 Å². The lowest BCUT2D eigenvalue weighted by atomic mass is 10.0. The molecule has 4 aromatic heterocycles. The van der Waals surface area contributed by atoms with Gasteiger partial charge in [0.05, 0.1) is 35.0 Å². The fourth-order valence-corrected chi connectivity index (χ4v) is 5.35. The van der Waals surface area contributed by atoms with Crippen LogP contribution in [-0.4, -0.2) is 77.1 Å². The van der Waals surface area contributed by atoms with Crippen molar-refractivity contribution in [3.8, 4) is 16.9 Å². The van der Waals surface area contributed by atoms with Gasteiger partial charge in [0.25, 0.3) is 0 Å². The van der Waals surface area contributed by atoms with Gasteiger partial charge in [-0.15, -0.1) is 5.10 Å². The van der Waals surface area contributed by atoms with Crippen molar-refractivity contribution in [2.24, 2.45) is 0 Å². The van der Waals surface area contributed by atoms with Gasteiger partial charge in [-0.3, -0.25) is 24.3 Å². The number of piperazine rings is 1. The number of carbonyl (C=O) groups is 1. The third-order valence-electron chi connectivity index (χ3n) is 7.64. The minimum absolute atomic E-state index is 0.0433. The van der Waals surface area contributed by atoms with Crippen molar-refractivity contribution in [1.29, 1.82) is 0 Å². The number of hydrogen-bond donors (Lipinski definition) is 0. The molecular weight excluding hydrogens is 514 g/mol. The van der Waals surface area contributed by atoms with Crippen LogP contribution in [0.5, 0.6) is 0 Å². The SMILES string of the molecule is Cc1ncc(CC(=O)c2cc(C)n(C(C)(C)C)n2)cc1-n1cc(-c2cncc(N3CCN(C(C)(C)C)CC3)c2)nn1. The van der Waals surface area contributed by atoms with E-state index in [1.165, 1.54) is 0 Å². The monoisotopic (exact) mass is 555 g/mol. The second kappa shape index (κ2) is 10.8. The number of Topliss-reactive ketones (excluding diaryl/α,β-unsaturated/α-hetero) is 1. The Morgan fingerprint density at radius 2 is 1.63 bits per heavy atom. The summed E-state index contributed by atoms with van der Waals surface area (Å²) < 4.78 is 3.62. The van der Waals surface area contributed by atoms with Gasteiger partial charge >= 0.3 is 0 Å². The van der Waals surface area contributed by atoms with Crippen molar-refractivity contribution >= 4 is 11.5 Å². The number of pyridine rings is 2. The average Bonchev–Trinajstić information content (AvgIpc) is 3.57. The molecule has 0 amide bonds. The number of aryl methyl sites for hydroxylation is 2. The molecule has 1 saturated heterocycles. The second-order valence-corrected chi connectivity index (χ2v) is 12.9. The predicted molar refractivity (Wildman–Crippen MR) is 161 cm³/mol. The van der Waals surface area contributed by atoms with Crippen LogP contribution in [0.1, 0.15) is 69.0 Å². The van der Waals surface area contributed by atoms with Crippen LogP contribution in [-0.2, 0) is 12.0 Å². The summed E-state index contributed by atoms with van der Waals surface area (Å²) in [6.45, 7) is 20.9. The van der Waals surface area contributed by atoms with Crippen LogP contribution in [0.25, 0.3) is 16.9 Å². The molecule has 0 unspecified atom stereocenters. The first-order valence-electron chi connectivity index (χ1n) is 14.2. The summed E-state index contributed by atoms with van der Waals surface area (Å²) in [5, 5.41) is 13.4. The Bertz CT molecular complexity index is 1550. The fraction of sp³-hybridized carbons (Fsp3) is 0.484. The van der Waals surface area contributed by atoms with E-state index in [-0.39, 0.29) is 23.3 Å². The Labute approximate surface area is 242 Å². The van der Waals surface area contributed by atoms with Crippen LogP contribution in [0.15, 0.2) is 43.0 Å². The van der Waals surface area contributed by atoms with E-state index in [2.05, 4.69) is 82.8 Å². The third kappa shape index (κ3) is 6.22. The van der Waals surface area contributed by atoms with E-state index in [1.54, 1.807) is 10.9 Å². The van der Waals surface area contributed by atoms with E-state index < -0.39 is 0 Å². The van der Waals surface area contributed by atoms with Gasteiger partial charge in [0, 0.05) is 61.8 Å². The molecule has 1 fully saturated rings. The molecule has 0 spiro atoms. The largest absolute Gasteiger partial charge is 0.368 e. The highest BCUT2D eigenvalue weighted by Crippen LogP contribution is 2.26. The highest BCUT2D eigenvalue weighted by Gasteiger charge is 2.26. The molecule has 0 atom stereocenters. The van der Waals surface area contributed by atoms with E-state index >= 15 is 0 Å². The minimum atomic E-state index is -0.192. The molecule has 216 valence electrons. The Morgan fingerprint density at radius 3 is 2.29 bits per heavy atom. The lowest BCUT2D eigenvalue weighted by molar-refractivity contribution is 0.0986. The van der Waals surface area contributed by atoms with E-state index in [1.807, 2.05) is 49.3 Å². The molecule has 0 aromatic carbocycles. The Morgan fingerprint density at radius 1 is 0.902 bits per heavy atom. The van der Waals surface area contributed by atoms with Crippen molar-refractivity contribution in [2.45, 2.75) is 72.9 Å². The quantitative estimate of drug-likeness (QED) is 0.318. The smallest absolute Gasteiger partial charge is 0.187 e. The summed E-state index contributed by atoms with van der Waals surface area (Å²) in [6, 6.07) is 5.94. The van der Waals surface area contributed by atoms with Crippen molar-refractivity contribution in [3.05, 3.63) is 65.6 Å². The first kappa shape index (κ1) is 28.6. The second-order valence-electron chi connectivity index (χ2n) is 12.9. The van der Waals surface area contributed by atoms with Crippen LogP contribution in [0.2, 0.25) is 0 Å². The van der Waals surface area contributed by atoms with Gasteiger partial charge in [0.15, 0.2) is 5.78 Å². The van der Waals surface area contributed by atoms with Crippen molar-refractivity contribution in [1.82, 2.24) is 39.6 Å². The molecule has 5 rings (SSSR count). The van der Waals surface area contributed by atoms with E-state index in [4.69, 9.17) is 0 Å². The van der Waals surface area contributed by atoms with Crippen LogP contribution in [0, 0.1) is 13.8 Å². The van der Waals surface area contributed by atoms with Gasteiger partial charge in [-0.05, 0) is 79.2 Å². The normalized spacial score (nSPS) is 15.0. The molecule has 10 nitrogen and oxygen atoms in total. The molecule has 1 aliphatic rings. The fourth-order valence-electron chi connectivity index (χ4n) is 5.35. The van der Waals surface area contributed by atoms with Crippen LogP contribution in [0.4, 0.5) is 5.69 Å². The molecule has 41 heavy (non-hydrogen) atoms. The lowest BCUT2D eigenvalue weighted by Crippen LogP contribution is -2.53. The number of carbonyl (C=O) groups excluding carboxylic acids is 1. The zero-order chi connectivity index (χ0) is 29.5. The van der Waals surface area contributed by atoms with Gasteiger partial charge in [0.2, 0.25) is 0 Å². The molecule has 0 N–H and O–H groups in total. The number of nitrogens with zero attached hydrogens (tertiary/aromatic N) is 9. The summed E-state index contributed by atoms with van der Waals surface area (Å²) in [4.78, 5) is 27.1. The van der Waals surface area contributed by atoms with Crippen molar-refractivity contribution < 1.29 is 4.79 Å². The van der Waals surface area contributed by atoms with Crippen molar-refractivity contribution in [3.63, 3.8) is 0 Å². The number of ketones is 1. The molecule has 5 heterocycles. The Kier molecular flexibility index (Phi) is 7.54. The highest BCUT2D eigenvalue weighted by molar-refractivity contribution is 5.95. The summed E-state index contributed by atoms with van der Waals surface area (Å²) in [7, 11) is 0. The zero-order valence-electron chi connectivity index (χ0n) is 25.5. The Hall–Kier alpha value is -3.92. The summed E-state index contributed by atoms with van der Waals surface area (Å²) in [6.07, 6.45) is 7.58. The standard InChI is InChI=1S/C31H41N9O/c1-21-13-26(35-40(21)31(6,7)8)29(41)15-23-14-28(22(2)33-17-23)39-20-27(34-36-39)24-16-25(19-32-18-24)37-9-11-38(12-10-37)30(3,4)5/h13-14,16-20H,9-12,15H2,1-8H3. The summed E-state index contributed by atoms with van der Waals surface area (Å²) >= 11 is 0.